The normalized spacial score (nSPS) is 27.7. The number of rotatable bonds is 1. The van der Waals surface area contributed by atoms with Crippen molar-refractivity contribution in [2.45, 2.75) is 26.3 Å². The van der Waals surface area contributed by atoms with E-state index in [0.29, 0.717) is 12.0 Å². The molecule has 2 heteroatoms. The van der Waals surface area contributed by atoms with E-state index in [4.69, 9.17) is 4.84 Å². The molecule has 1 aromatic carbocycles. The number of anilines is 1. The van der Waals surface area contributed by atoms with Crippen molar-refractivity contribution >= 4 is 5.69 Å². The quantitative estimate of drug-likeness (QED) is 0.676. The summed E-state index contributed by atoms with van der Waals surface area (Å²) in [4.78, 5) is 5.68. The van der Waals surface area contributed by atoms with Crippen molar-refractivity contribution in [2.75, 3.05) is 11.7 Å². The minimum absolute atomic E-state index is 0.464. The lowest BCUT2D eigenvalue weighted by molar-refractivity contribution is 0.0282. The van der Waals surface area contributed by atoms with Crippen LogP contribution >= 0.6 is 0 Å². The summed E-state index contributed by atoms with van der Waals surface area (Å²) < 4.78 is 0. The summed E-state index contributed by atoms with van der Waals surface area (Å²) in [5.41, 5.74) is 1.16. The van der Waals surface area contributed by atoms with E-state index in [1.165, 1.54) is 0 Å². The van der Waals surface area contributed by atoms with Crippen LogP contribution < -0.4 is 5.06 Å². The van der Waals surface area contributed by atoms with Crippen LogP contribution in [0.5, 0.6) is 0 Å². The Kier molecular flexibility index (Phi) is 2.73. The topological polar surface area (TPSA) is 12.5 Å². The van der Waals surface area contributed by atoms with Gasteiger partial charge in [0, 0.05) is 0 Å². The van der Waals surface area contributed by atoms with Crippen molar-refractivity contribution in [3.8, 4) is 0 Å². The third-order valence-electron chi connectivity index (χ3n) is 3.01. The predicted octanol–water partition coefficient (Wildman–Crippen LogP) is 2.85. The van der Waals surface area contributed by atoms with Crippen molar-refractivity contribution in [1.82, 2.24) is 0 Å². The molecular weight excluding hydrogens is 174 g/mol. The third kappa shape index (κ3) is 1.75. The lowest BCUT2D eigenvalue weighted by Crippen LogP contribution is -2.42. The van der Waals surface area contributed by atoms with Crippen LogP contribution in [-0.4, -0.2) is 12.6 Å². The molecule has 0 N–H and O–H groups in total. The molecule has 0 amide bonds. The molecule has 1 aliphatic heterocycles. The van der Waals surface area contributed by atoms with Crippen LogP contribution in [-0.2, 0) is 4.84 Å². The van der Waals surface area contributed by atoms with Crippen LogP contribution in [0.3, 0.4) is 0 Å². The lowest BCUT2D eigenvalue weighted by Gasteiger charge is -2.38. The van der Waals surface area contributed by atoms with E-state index in [9.17, 15) is 0 Å². The molecule has 0 radical (unpaired) electrons. The van der Waals surface area contributed by atoms with E-state index >= 15 is 0 Å². The fourth-order valence-electron chi connectivity index (χ4n) is 1.81. The average molecular weight is 191 g/mol. The zero-order valence-electron chi connectivity index (χ0n) is 8.81. The standard InChI is InChI=1S/C12H17NO/c1-10-8-9-14-13(11(10)2)12-6-4-3-5-7-12/h3-7,10-11H,8-9H2,1-2H3. The van der Waals surface area contributed by atoms with E-state index in [1.54, 1.807) is 0 Å². The molecule has 1 fully saturated rings. The molecule has 0 spiro atoms. The van der Waals surface area contributed by atoms with Gasteiger partial charge in [-0.25, -0.2) is 0 Å². The second-order valence-electron chi connectivity index (χ2n) is 4.00. The molecule has 0 aliphatic carbocycles. The second kappa shape index (κ2) is 4.01. The van der Waals surface area contributed by atoms with E-state index < -0.39 is 0 Å². The smallest absolute Gasteiger partial charge is 0.0752 e. The van der Waals surface area contributed by atoms with Gasteiger partial charge in [0.2, 0.25) is 0 Å². The van der Waals surface area contributed by atoms with Gasteiger partial charge in [0.25, 0.3) is 0 Å². The SMILES string of the molecule is CC1CCON(c2ccccc2)C1C. The molecule has 2 atom stereocenters. The van der Waals surface area contributed by atoms with Gasteiger partial charge in [-0.3, -0.25) is 9.90 Å². The first-order chi connectivity index (χ1) is 6.79. The van der Waals surface area contributed by atoms with E-state index in [2.05, 4.69) is 26.0 Å². The van der Waals surface area contributed by atoms with Gasteiger partial charge in [-0.05, 0) is 31.4 Å². The Morgan fingerprint density at radius 1 is 1.21 bits per heavy atom. The lowest BCUT2D eigenvalue weighted by atomic mass is 9.98. The van der Waals surface area contributed by atoms with Gasteiger partial charge in [-0.1, -0.05) is 25.1 Å². The highest BCUT2D eigenvalue weighted by Gasteiger charge is 2.25. The molecule has 0 saturated carbocycles. The summed E-state index contributed by atoms with van der Waals surface area (Å²) in [7, 11) is 0. The summed E-state index contributed by atoms with van der Waals surface area (Å²) in [5, 5.41) is 2.04. The number of hydrogen-bond acceptors (Lipinski definition) is 2. The van der Waals surface area contributed by atoms with Crippen molar-refractivity contribution < 1.29 is 4.84 Å². The van der Waals surface area contributed by atoms with Gasteiger partial charge < -0.3 is 0 Å². The van der Waals surface area contributed by atoms with Crippen LogP contribution in [0, 0.1) is 5.92 Å². The largest absolute Gasteiger partial charge is 0.273 e. The molecule has 1 saturated heterocycles. The summed E-state index contributed by atoms with van der Waals surface area (Å²) in [6.07, 6.45) is 1.16. The maximum absolute atomic E-state index is 5.68. The number of para-hydroxylation sites is 1. The van der Waals surface area contributed by atoms with Gasteiger partial charge in [-0.15, -0.1) is 0 Å². The maximum Gasteiger partial charge on any atom is 0.0752 e. The third-order valence-corrected chi connectivity index (χ3v) is 3.01. The Morgan fingerprint density at radius 3 is 2.64 bits per heavy atom. The van der Waals surface area contributed by atoms with E-state index in [0.717, 1.165) is 18.7 Å². The van der Waals surface area contributed by atoms with Crippen LogP contribution in [0.15, 0.2) is 30.3 Å². The first kappa shape index (κ1) is 9.53. The fraction of sp³-hybridized carbons (Fsp3) is 0.500. The highest BCUT2D eigenvalue weighted by Crippen LogP contribution is 2.26. The van der Waals surface area contributed by atoms with Crippen LogP contribution in [0.4, 0.5) is 5.69 Å². The fourth-order valence-corrected chi connectivity index (χ4v) is 1.81. The molecule has 2 nitrogen and oxygen atoms in total. The zero-order valence-corrected chi connectivity index (χ0v) is 8.81. The Bertz CT molecular complexity index is 286. The number of benzene rings is 1. The van der Waals surface area contributed by atoms with Crippen molar-refractivity contribution in [1.29, 1.82) is 0 Å². The molecule has 0 aromatic heterocycles. The molecule has 14 heavy (non-hydrogen) atoms. The minimum Gasteiger partial charge on any atom is -0.273 e. The molecule has 1 aliphatic rings. The number of hydroxylamine groups is 1. The molecule has 0 bridgehead atoms. The average Bonchev–Trinajstić information content (AvgIpc) is 2.23. The second-order valence-corrected chi connectivity index (χ2v) is 4.00. The molecule has 2 unspecified atom stereocenters. The summed E-state index contributed by atoms with van der Waals surface area (Å²) >= 11 is 0. The van der Waals surface area contributed by atoms with E-state index in [-0.39, 0.29) is 0 Å². The molecule has 1 aromatic rings. The van der Waals surface area contributed by atoms with Gasteiger partial charge >= 0.3 is 0 Å². The molecule has 1 heterocycles. The number of hydrogen-bond donors (Lipinski definition) is 0. The molecule has 76 valence electrons. The first-order valence-corrected chi connectivity index (χ1v) is 5.26. The Hall–Kier alpha value is -1.02. The van der Waals surface area contributed by atoms with Gasteiger partial charge in [0.1, 0.15) is 0 Å². The summed E-state index contributed by atoms with van der Waals surface area (Å²) in [6, 6.07) is 10.8. The zero-order chi connectivity index (χ0) is 9.97. The summed E-state index contributed by atoms with van der Waals surface area (Å²) in [6.45, 7) is 5.33. The first-order valence-electron chi connectivity index (χ1n) is 5.26. The van der Waals surface area contributed by atoms with Crippen molar-refractivity contribution in [3.63, 3.8) is 0 Å². The Morgan fingerprint density at radius 2 is 1.93 bits per heavy atom. The minimum atomic E-state index is 0.464. The molecule has 2 rings (SSSR count). The summed E-state index contributed by atoms with van der Waals surface area (Å²) in [5.74, 6) is 0.698. The van der Waals surface area contributed by atoms with Crippen LogP contribution in [0.25, 0.3) is 0 Å². The predicted molar refractivity (Wildman–Crippen MR) is 58.1 cm³/mol. The van der Waals surface area contributed by atoms with Gasteiger partial charge in [0.05, 0.1) is 18.3 Å². The maximum atomic E-state index is 5.68. The highest BCUT2D eigenvalue weighted by molar-refractivity contribution is 5.44. The van der Waals surface area contributed by atoms with Gasteiger partial charge in [0.15, 0.2) is 0 Å². The van der Waals surface area contributed by atoms with Crippen LogP contribution in [0.1, 0.15) is 20.3 Å². The monoisotopic (exact) mass is 191 g/mol. The number of nitrogens with zero attached hydrogens (tertiary/aromatic N) is 1. The Balaban J connectivity index is 2.17. The van der Waals surface area contributed by atoms with Gasteiger partial charge in [-0.2, -0.15) is 0 Å². The molecular formula is C12H17NO. The van der Waals surface area contributed by atoms with Crippen molar-refractivity contribution in [3.05, 3.63) is 30.3 Å². The Labute approximate surface area is 85.4 Å². The van der Waals surface area contributed by atoms with Crippen LogP contribution in [0.2, 0.25) is 0 Å². The highest BCUT2D eigenvalue weighted by atomic mass is 16.7. The van der Waals surface area contributed by atoms with Crippen molar-refractivity contribution in [2.24, 2.45) is 5.92 Å². The van der Waals surface area contributed by atoms with E-state index in [1.807, 2.05) is 23.3 Å².